The van der Waals surface area contributed by atoms with Crippen LogP contribution in [0.3, 0.4) is 0 Å². The van der Waals surface area contributed by atoms with Gasteiger partial charge in [-0.2, -0.15) is 5.26 Å². The van der Waals surface area contributed by atoms with Crippen molar-refractivity contribution in [2.24, 2.45) is 5.92 Å². The molecule has 0 aliphatic carbocycles. The minimum absolute atomic E-state index is 0.0170. The second-order valence-electron chi connectivity index (χ2n) is 5.53. The van der Waals surface area contributed by atoms with Crippen molar-refractivity contribution in [2.45, 2.75) is 40.2 Å². The Hall–Kier alpha value is -1.45. The zero-order chi connectivity index (χ0) is 15.8. The minimum Gasteiger partial charge on any atom is -0.486 e. The highest BCUT2D eigenvalue weighted by Crippen LogP contribution is 2.42. The van der Waals surface area contributed by atoms with Gasteiger partial charge in [0.1, 0.15) is 21.6 Å². The average Bonchev–Trinajstić information content (AvgIpc) is 2.70. The zero-order valence-electron chi connectivity index (χ0n) is 13.2. The predicted molar refractivity (Wildman–Crippen MR) is 88.0 cm³/mol. The second-order valence-corrected chi connectivity index (χ2v) is 6.55. The third kappa shape index (κ3) is 5.82. The number of nitriles is 1. The molecule has 6 heteroatoms. The van der Waals surface area contributed by atoms with Crippen LogP contribution in [0.2, 0.25) is 0 Å². The molecular weight excluding hydrogens is 286 g/mol. The van der Waals surface area contributed by atoms with Crippen molar-refractivity contribution in [3.63, 3.8) is 0 Å². The number of nitrogens with zero attached hydrogens (tertiary/aromatic N) is 1. The van der Waals surface area contributed by atoms with Gasteiger partial charge in [-0.05, 0) is 26.2 Å². The average molecular weight is 311 g/mol. The van der Waals surface area contributed by atoms with Gasteiger partial charge in [-0.3, -0.25) is 0 Å². The number of nitrogen functional groups attached to an aromatic ring is 1. The van der Waals surface area contributed by atoms with Gasteiger partial charge < -0.3 is 20.5 Å². The van der Waals surface area contributed by atoms with Gasteiger partial charge in [0.05, 0.1) is 6.10 Å². The van der Waals surface area contributed by atoms with Crippen molar-refractivity contribution < 1.29 is 9.47 Å². The number of rotatable bonds is 9. The van der Waals surface area contributed by atoms with Crippen molar-refractivity contribution in [3.8, 4) is 11.8 Å². The largest absolute Gasteiger partial charge is 0.486 e. The van der Waals surface area contributed by atoms with Crippen LogP contribution in [0, 0.1) is 17.2 Å². The number of thiophene rings is 1. The van der Waals surface area contributed by atoms with E-state index in [-0.39, 0.29) is 6.10 Å². The van der Waals surface area contributed by atoms with Gasteiger partial charge in [-0.25, -0.2) is 0 Å². The Morgan fingerprint density at radius 3 is 2.62 bits per heavy atom. The van der Waals surface area contributed by atoms with E-state index in [1.807, 2.05) is 13.8 Å². The molecule has 0 aliphatic rings. The zero-order valence-corrected chi connectivity index (χ0v) is 14.0. The first-order chi connectivity index (χ1) is 9.95. The minimum atomic E-state index is 0.0170. The van der Waals surface area contributed by atoms with E-state index in [4.69, 9.17) is 20.5 Å². The highest BCUT2D eigenvalue weighted by molar-refractivity contribution is 7.17. The molecule has 3 N–H and O–H groups in total. The smallest absolute Gasteiger partial charge is 0.178 e. The summed E-state index contributed by atoms with van der Waals surface area (Å²) in [7, 11) is 0. The lowest BCUT2D eigenvalue weighted by atomic mass is 10.2. The molecule has 0 saturated carbocycles. The van der Waals surface area contributed by atoms with Crippen LogP contribution < -0.4 is 15.8 Å². The Morgan fingerprint density at radius 2 is 2.05 bits per heavy atom. The van der Waals surface area contributed by atoms with E-state index in [2.05, 4.69) is 25.2 Å². The summed E-state index contributed by atoms with van der Waals surface area (Å²) in [6.45, 7) is 10.4. The van der Waals surface area contributed by atoms with Crippen molar-refractivity contribution in [1.29, 1.82) is 5.26 Å². The quantitative estimate of drug-likeness (QED) is 0.683. The van der Waals surface area contributed by atoms with Gasteiger partial charge in [0.15, 0.2) is 5.75 Å². The summed E-state index contributed by atoms with van der Waals surface area (Å²) in [6.07, 6.45) is 0.913. The van der Waals surface area contributed by atoms with Crippen molar-refractivity contribution in [1.82, 2.24) is 0 Å². The molecule has 0 bridgehead atoms. The van der Waals surface area contributed by atoms with Gasteiger partial charge >= 0.3 is 0 Å². The SMILES string of the molecule is CC(C)COCCCNc1sc(C#N)c(N)c1OC(C)C. The van der Waals surface area contributed by atoms with Crippen LogP contribution in [0.25, 0.3) is 0 Å². The van der Waals surface area contributed by atoms with E-state index < -0.39 is 0 Å². The van der Waals surface area contributed by atoms with Crippen LogP contribution in [0.4, 0.5) is 10.7 Å². The highest BCUT2D eigenvalue weighted by Gasteiger charge is 2.18. The Kier molecular flexibility index (Phi) is 7.34. The Labute approximate surface area is 131 Å². The molecule has 5 nitrogen and oxygen atoms in total. The van der Waals surface area contributed by atoms with Crippen LogP contribution in [-0.4, -0.2) is 25.9 Å². The molecule has 1 aromatic rings. The Bertz CT molecular complexity index is 478. The number of hydrogen-bond acceptors (Lipinski definition) is 6. The maximum atomic E-state index is 9.06. The number of ether oxygens (including phenoxy) is 2. The van der Waals surface area contributed by atoms with Crippen LogP contribution >= 0.6 is 11.3 Å². The fourth-order valence-corrected chi connectivity index (χ4v) is 2.55. The van der Waals surface area contributed by atoms with Gasteiger partial charge in [-0.15, -0.1) is 11.3 Å². The second kappa shape index (κ2) is 8.75. The first kappa shape index (κ1) is 17.6. The van der Waals surface area contributed by atoms with Crippen LogP contribution in [0.15, 0.2) is 0 Å². The first-order valence-electron chi connectivity index (χ1n) is 7.26. The van der Waals surface area contributed by atoms with E-state index in [0.29, 0.717) is 22.2 Å². The maximum absolute atomic E-state index is 9.06. The van der Waals surface area contributed by atoms with E-state index in [1.54, 1.807) is 0 Å². The summed E-state index contributed by atoms with van der Waals surface area (Å²) >= 11 is 1.33. The van der Waals surface area contributed by atoms with Crippen LogP contribution in [0.5, 0.6) is 5.75 Å². The molecule has 21 heavy (non-hydrogen) atoms. The van der Waals surface area contributed by atoms with Gasteiger partial charge in [0.25, 0.3) is 0 Å². The summed E-state index contributed by atoms with van der Waals surface area (Å²) in [5.41, 5.74) is 6.37. The molecular formula is C15H25N3O2S. The van der Waals surface area contributed by atoms with Gasteiger partial charge in [-0.1, -0.05) is 13.8 Å². The van der Waals surface area contributed by atoms with Crippen molar-refractivity contribution in [2.75, 3.05) is 30.8 Å². The molecule has 0 aromatic carbocycles. The number of nitrogens with two attached hydrogens (primary N) is 1. The fourth-order valence-electron chi connectivity index (χ4n) is 1.68. The lowest BCUT2D eigenvalue weighted by molar-refractivity contribution is 0.110. The molecule has 1 aromatic heterocycles. The van der Waals surface area contributed by atoms with E-state index in [0.717, 1.165) is 31.2 Å². The molecule has 1 rings (SSSR count). The van der Waals surface area contributed by atoms with Crippen LogP contribution in [-0.2, 0) is 4.74 Å². The standard InChI is InChI=1S/C15H25N3O2S/c1-10(2)9-19-7-5-6-18-15-14(20-11(3)4)13(17)12(8-16)21-15/h10-11,18H,5-7,9,17H2,1-4H3. The summed E-state index contributed by atoms with van der Waals surface area (Å²) in [5.74, 6) is 1.15. The number of hydrogen-bond donors (Lipinski definition) is 2. The Morgan fingerprint density at radius 1 is 1.33 bits per heavy atom. The van der Waals surface area contributed by atoms with Crippen molar-refractivity contribution >= 4 is 22.0 Å². The summed E-state index contributed by atoms with van der Waals surface area (Å²) in [6, 6.07) is 2.10. The maximum Gasteiger partial charge on any atom is 0.178 e. The summed E-state index contributed by atoms with van der Waals surface area (Å²) in [5, 5.41) is 13.2. The number of anilines is 2. The fraction of sp³-hybridized carbons (Fsp3) is 0.667. The highest BCUT2D eigenvalue weighted by atomic mass is 32.1. The van der Waals surface area contributed by atoms with E-state index in [9.17, 15) is 0 Å². The van der Waals surface area contributed by atoms with Crippen molar-refractivity contribution in [3.05, 3.63) is 4.88 Å². The third-order valence-electron chi connectivity index (χ3n) is 2.56. The predicted octanol–water partition coefficient (Wildman–Crippen LogP) is 3.46. The van der Waals surface area contributed by atoms with Crippen LogP contribution in [0.1, 0.15) is 39.0 Å². The molecule has 0 saturated heterocycles. The topological polar surface area (TPSA) is 80.3 Å². The Balaban J connectivity index is 2.52. The van der Waals surface area contributed by atoms with E-state index >= 15 is 0 Å². The summed E-state index contributed by atoms with van der Waals surface area (Å²) < 4.78 is 11.2. The molecule has 0 radical (unpaired) electrons. The molecule has 0 spiro atoms. The number of nitrogens with one attached hydrogen (secondary N) is 1. The normalized spacial score (nSPS) is 10.9. The lowest BCUT2D eigenvalue weighted by Crippen LogP contribution is -2.10. The molecule has 118 valence electrons. The monoisotopic (exact) mass is 311 g/mol. The third-order valence-corrected chi connectivity index (χ3v) is 3.61. The summed E-state index contributed by atoms with van der Waals surface area (Å²) in [4.78, 5) is 0.490. The molecule has 0 fully saturated rings. The van der Waals surface area contributed by atoms with E-state index in [1.165, 1.54) is 11.3 Å². The molecule has 0 atom stereocenters. The molecule has 1 heterocycles. The first-order valence-corrected chi connectivity index (χ1v) is 8.08. The molecule has 0 amide bonds. The molecule has 0 unspecified atom stereocenters. The van der Waals surface area contributed by atoms with Gasteiger partial charge in [0, 0.05) is 19.8 Å². The lowest BCUT2D eigenvalue weighted by Gasteiger charge is -2.13. The molecule has 0 aliphatic heterocycles. The van der Waals surface area contributed by atoms with Gasteiger partial charge in [0.2, 0.25) is 0 Å².